The predicted molar refractivity (Wildman–Crippen MR) is 114 cm³/mol. The molecular weight excluding hydrogens is 422 g/mol. The van der Waals surface area contributed by atoms with Gasteiger partial charge in [-0.05, 0) is 30.7 Å². The summed E-state index contributed by atoms with van der Waals surface area (Å²) in [7, 11) is 0. The number of esters is 1. The van der Waals surface area contributed by atoms with Crippen LogP contribution in [-0.2, 0) is 4.74 Å². The maximum atomic E-state index is 12.8. The van der Waals surface area contributed by atoms with Crippen molar-refractivity contribution < 1.29 is 23.7 Å². The number of ether oxygens (including phenoxy) is 1. The number of benzene rings is 2. The summed E-state index contributed by atoms with van der Waals surface area (Å²) in [5, 5.41) is 15.8. The van der Waals surface area contributed by atoms with Crippen molar-refractivity contribution in [2.24, 2.45) is 0 Å². The zero-order chi connectivity index (χ0) is 22.0. The molecule has 0 bridgehead atoms. The number of rotatable bonds is 6. The van der Waals surface area contributed by atoms with E-state index in [9.17, 15) is 19.7 Å². The molecule has 0 aliphatic rings. The fourth-order valence-electron chi connectivity index (χ4n) is 3.03. The molecular formula is C21H15N3O6S. The summed E-state index contributed by atoms with van der Waals surface area (Å²) >= 11 is 1.13. The number of thiophene rings is 1. The molecule has 0 fully saturated rings. The van der Waals surface area contributed by atoms with Crippen LogP contribution in [-0.4, -0.2) is 28.4 Å². The SMILES string of the molecule is CCOC(=O)c1c(-c2cccc([N+](=O)[O-])c2)csc1NC(=O)c1ccc2ocnc2c1. The molecule has 1 N–H and O–H groups in total. The molecule has 0 radical (unpaired) electrons. The fraction of sp³-hybridized carbons (Fsp3) is 0.0952. The van der Waals surface area contributed by atoms with Crippen LogP contribution in [0.1, 0.15) is 27.6 Å². The van der Waals surface area contributed by atoms with Crippen LogP contribution >= 0.6 is 11.3 Å². The molecule has 4 rings (SSSR count). The second kappa shape index (κ2) is 8.36. The van der Waals surface area contributed by atoms with E-state index in [1.807, 2.05) is 0 Å². The van der Waals surface area contributed by atoms with E-state index in [-0.39, 0.29) is 22.9 Å². The van der Waals surface area contributed by atoms with Gasteiger partial charge in [-0.3, -0.25) is 14.9 Å². The first kappa shape index (κ1) is 20.2. The van der Waals surface area contributed by atoms with Crippen LogP contribution in [0.4, 0.5) is 10.7 Å². The molecule has 9 nitrogen and oxygen atoms in total. The number of aromatic nitrogens is 1. The van der Waals surface area contributed by atoms with E-state index < -0.39 is 16.8 Å². The highest BCUT2D eigenvalue weighted by Crippen LogP contribution is 2.37. The minimum absolute atomic E-state index is 0.106. The minimum Gasteiger partial charge on any atom is -0.462 e. The number of nitrogens with zero attached hydrogens (tertiary/aromatic N) is 2. The number of carbonyl (C=O) groups is 2. The van der Waals surface area contributed by atoms with Gasteiger partial charge in [-0.2, -0.15) is 0 Å². The summed E-state index contributed by atoms with van der Waals surface area (Å²) < 4.78 is 10.3. The number of hydrogen-bond acceptors (Lipinski definition) is 8. The van der Waals surface area contributed by atoms with Crippen molar-refractivity contribution in [1.82, 2.24) is 4.98 Å². The number of nitro groups is 1. The number of non-ortho nitro benzene ring substituents is 1. The lowest BCUT2D eigenvalue weighted by molar-refractivity contribution is -0.384. The maximum absolute atomic E-state index is 12.8. The van der Waals surface area contributed by atoms with Crippen molar-refractivity contribution in [1.29, 1.82) is 0 Å². The molecule has 0 aliphatic carbocycles. The Balaban J connectivity index is 1.72. The van der Waals surface area contributed by atoms with Gasteiger partial charge in [0.15, 0.2) is 12.0 Å². The highest BCUT2D eigenvalue weighted by Gasteiger charge is 2.24. The van der Waals surface area contributed by atoms with Gasteiger partial charge in [0, 0.05) is 28.6 Å². The third kappa shape index (κ3) is 4.01. The number of carbonyl (C=O) groups excluding carboxylic acids is 2. The van der Waals surface area contributed by atoms with Gasteiger partial charge in [0.1, 0.15) is 16.1 Å². The highest BCUT2D eigenvalue weighted by atomic mass is 32.1. The van der Waals surface area contributed by atoms with Gasteiger partial charge >= 0.3 is 5.97 Å². The third-order valence-electron chi connectivity index (χ3n) is 4.46. The number of oxazole rings is 1. The van der Waals surface area contributed by atoms with Crippen molar-refractivity contribution in [2.75, 3.05) is 11.9 Å². The van der Waals surface area contributed by atoms with Crippen molar-refractivity contribution in [3.05, 3.63) is 75.5 Å². The van der Waals surface area contributed by atoms with Crippen LogP contribution in [0.5, 0.6) is 0 Å². The molecule has 2 aromatic carbocycles. The first-order valence-corrected chi connectivity index (χ1v) is 10.0. The lowest BCUT2D eigenvalue weighted by Gasteiger charge is -2.09. The Labute approximate surface area is 179 Å². The van der Waals surface area contributed by atoms with E-state index in [4.69, 9.17) is 9.15 Å². The topological polar surface area (TPSA) is 125 Å². The zero-order valence-electron chi connectivity index (χ0n) is 16.2. The standard InChI is InChI=1S/C21H15N3O6S/c1-2-29-21(26)18-15(12-4-3-5-14(8-12)24(27)28)10-31-20(18)23-19(25)13-6-7-17-16(9-13)22-11-30-17/h3-11H,2H2,1H3,(H,23,25). The summed E-state index contributed by atoms with van der Waals surface area (Å²) in [6.45, 7) is 1.81. The Morgan fingerprint density at radius 2 is 2.10 bits per heavy atom. The van der Waals surface area contributed by atoms with Crippen molar-refractivity contribution >= 4 is 45.0 Å². The Morgan fingerprint density at radius 3 is 2.87 bits per heavy atom. The van der Waals surface area contributed by atoms with E-state index in [1.54, 1.807) is 36.6 Å². The van der Waals surface area contributed by atoms with Crippen LogP contribution in [0.2, 0.25) is 0 Å². The molecule has 156 valence electrons. The van der Waals surface area contributed by atoms with Crippen molar-refractivity contribution in [3.63, 3.8) is 0 Å². The smallest absolute Gasteiger partial charge is 0.341 e. The molecule has 0 atom stereocenters. The summed E-state index contributed by atoms with van der Waals surface area (Å²) in [5.41, 5.74) is 2.36. The number of nitrogens with one attached hydrogen (secondary N) is 1. The van der Waals surface area contributed by atoms with Gasteiger partial charge in [0.25, 0.3) is 11.6 Å². The molecule has 0 saturated carbocycles. The van der Waals surface area contributed by atoms with E-state index in [2.05, 4.69) is 10.3 Å². The van der Waals surface area contributed by atoms with E-state index >= 15 is 0 Å². The van der Waals surface area contributed by atoms with Gasteiger partial charge in [-0.1, -0.05) is 12.1 Å². The molecule has 1 amide bonds. The minimum atomic E-state index is -0.632. The van der Waals surface area contributed by atoms with E-state index in [0.29, 0.717) is 27.8 Å². The Kier molecular flexibility index (Phi) is 5.46. The molecule has 0 saturated heterocycles. The first-order chi connectivity index (χ1) is 15.0. The molecule has 4 aromatic rings. The van der Waals surface area contributed by atoms with Crippen LogP contribution in [0, 0.1) is 10.1 Å². The maximum Gasteiger partial charge on any atom is 0.341 e. The quantitative estimate of drug-likeness (QED) is 0.258. The zero-order valence-corrected chi connectivity index (χ0v) is 17.0. The van der Waals surface area contributed by atoms with Crippen LogP contribution in [0.3, 0.4) is 0 Å². The molecule has 2 aromatic heterocycles. The average molecular weight is 437 g/mol. The van der Waals surface area contributed by atoms with Gasteiger partial charge in [0.05, 0.1) is 11.5 Å². The summed E-state index contributed by atoms with van der Waals surface area (Å²) in [6, 6.07) is 10.7. The van der Waals surface area contributed by atoms with E-state index in [1.165, 1.54) is 24.6 Å². The first-order valence-electron chi connectivity index (χ1n) is 9.16. The van der Waals surface area contributed by atoms with Crippen LogP contribution in [0.25, 0.3) is 22.2 Å². The van der Waals surface area contributed by atoms with Gasteiger partial charge < -0.3 is 14.5 Å². The number of amides is 1. The monoisotopic (exact) mass is 437 g/mol. The highest BCUT2D eigenvalue weighted by molar-refractivity contribution is 7.15. The molecule has 2 heterocycles. The number of anilines is 1. The van der Waals surface area contributed by atoms with Crippen LogP contribution < -0.4 is 5.32 Å². The normalized spacial score (nSPS) is 10.7. The second-order valence-corrected chi connectivity index (χ2v) is 7.25. The summed E-state index contributed by atoms with van der Waals surface area (Å²) in [4.78, 5) is 40.1. The van der Waals surface area contributed by atoms with Gasteiger partial charge in [-0.15, -0.1) is 11.3 Å². The Morgan fingerprint density at radius 1 is 1.26 bits per heavy atom. The van der Waals surface area contributed by atoms with Crippen LogP contribution in [0.15, 0.2) is 58.7 Å². The molecule has 0 spiro atoms. The second-order valence-electron chi connectivity index (χ2n) is 6.37. The molecule has 31 heavy (non-hydrogen) atoms. The molecule has 10 heteroatoms. The average Bonchev–Trinajstić information content (AvgIpc) is 3.40. The number of fused-ring (bicyclic) bond motifs is 1. The number of hydrogen-bond donors (Lipinski definition) is 1. The Hall–Kier alpha value is -4.05. The lowest BCUT2D eigenvalue weighted by atomic mass is 10.0. The lowest BCUT2D eigenvalue weighted by Crippen LogP contribution is -2.14. The summed E-state index contributed by atoms with van der Waals surface area (Å²) in [6.07, 6.45) is 1.29. The largest absolute Gasteiger partial charge is 0.462 e. The van der Waals surface area contributed by atoms with Gasteiger partial charge in [-0.25, -0.2) is 9.78 Å². The fourth-order valence-corrected chi connectivity index (χ4v) is 3.98. The predicted octanol–water partition coefficient (Wildman–Crippen LogP) is 4.89. The Bertz CT molecular complexity index is 1310. The molecule has 0 unspecified atom stereocenters. The third-order valence-corrected chi connectivity index (χ3v) is 5.35. The van der Waals surface area contributed by atoms with Gasteiger partial charge in [0.2, 0.25) is 0 Å². The molecule has 0 aliphatic heterocycles. The van der Waals surface area contributed by atoms with Crippen molar-refractivity contribution in [2.45, 2.75) is 6.92 Å². The van der Waals surface area contributed by atoms with E-state index in [0.717, 1.165) is 11.3 Å². The summed E-state index contributed by atoms with van der Waals surface area (Å²) in [5.74, 6) is -1.07. The van der Waals surface area contributed by atoms with Crippen molar-refractivity contribution in [3.8, 4) is 11.1 Å². The number of nitro benzene ring substituents is 1.